The molecule has 126 valence electrons. The highest BCUT2D eigenvalue weighted by Gasteiger charge is 2.41. The lowest BCUT2D eigenvalue weighted by molar-refractivity contribution is 0.0478. The van der Waals surface area contributed by atoms with E-state index in [0.29, 0.717) is 6.54 Å². The number of rotatable bonds is 1. The fraction of sp³-hybridized carbons (Fsp3) is 0.381. The quantitative estimate of drug-likeness (QED) is 0.728. The van der Waals surface area contributed by atoms with Crippen LogP contribution in [-0.2, 0) is 12.0 Å². The van der Waals surface area contributed by atoms with Crippen molar-refractivity contribution in [1.29, 1.82) is 0 Å². The molecule has 0 saturated heterocycles. The molecule has 0 fully saturated rings. The Balaban J connectivity index is 2.08. The number of carbonyl (C=O) groups is 1. The Morgan fingerprint density at radius 3 is 2.33 bits per heavy atom. The fourth-order valence-corrected chi connectivity index (χ4v) is 4.10. The summed E-state index contributed by atoms with van der Waals surface area (Å²) in [6.45, 7) is 9.06. The average molecular weight is 325 g/mol. The molecule has 0 aromatic heterocycles. The van der Waals surface area contributed by atoms with Crippen molar-refractivity contribution in [2.45, 2.75) is 51.6 Å². The zero-order valence-corrected chi connectivity index (χ0v) is 14.8. The SMILES string of the molecule is CC1(C)CC(C)(C)N(C(=O)c2ccccc2F)Cc2ccccc21. The molecule has 24 heavy (non-hydrogen) atoms. The molecular formula is C21H24FNO. The van der Waals surface area contributed by atoms with Gasteiger partial charge in [-0.25, -0.2) is 4.39 Å². The van der Waals surface area contributed by atoms with Crippen LogP contribution >= 0.6 is 0 Å². The van der Waals surface area contributed by atoms with Crippen LogP contribution in [0.2, 0.25) is 0 Å². The summed E-state index contributed by atoms with van der Waals surface area (Å²) >= 11 is 0. The minimum absolute atomic E-state index is 0.0512. The molecule has 0 saturated carbocycles. The number of nitrogens with zero attached hydrogens (tertiary/aromatic N) is 1. The third-order valence-electron chi connectivity index (χ3n) is 5.03. The van der Waals surface area contributed by atoms with Crippen LogP contribution in [0.1, 0.15) is 55.6 Å². The van der Waals surface area contributed by atoms with Crippen molar-refractivity contribution in [2.75, 3.05) is 0 Å². The van der Waals surface area contributed by atoms with E-state index < -0.39 is 5.82 Å². The highest BCUT2D eigenvalue weighted by Crippen LogP contribution is 2.41. The van der Waals surface area contributed by atoms with E-state index in [9.17, 15) is 9.18 Å². The smallest absolute Gasteiger partial charge is 0.257 e. The van der Waals surface area contributed by atoms with Crippen molar-refractivity contribution in [1.82, 2.24) is 4.90 Å². The molecule has 1 aliphatic rings. The first kappa shape index (κ1) is 16.7. The topological polar surface area (TPSA) is 20.3 Å². The van der Waals surface area contributed by atoms with Crippen LogP contribution in [0.25, 0.3) is 0 Å². The van der Waals surface area contributed by atoms with Gasteiger partial charge < -0.3 is 4.90 Å². The second kappa shape index (κ2) is 5.73. The second-order valence-corrected chi connectivity index (χ2v) is 7.90. The second-order valence-electron chi connectivity index (χ2n) is 7.90. The lowest BCUT2D eigenvalue weighted by Crippen LogP contribution is -2.48. The van der Waals surface area contributed by atoms with Crippen LogP contribution in [0.5, 0.6) is 0 Å². The maximum absolute atomic E-state index is 14.1. The normalized spacial score (nSPS) is 18.6. The Hall–Kier alpha value is -2.16. The van der Waals surface area contributed by atoms with Crippen molar-refractivity contribution in [3.63, 3.8) is 0 Å². The van der Waals surface area contributed by atoms with Crippen LogP contribution in [0.15, 0.2) is 48.5 Å². The summed E-state index contributed by atoms with van der Waals surface area (Å²) in [7, 11) is 0. The first-order valence-electron chi connectivity index (χ1n) is 8.37. The van der Waals surface area contributed by atoms with E-state index in [2.05, 4.69) is 39.8 Å². The van der Waals surface area contributed by atoms with Gasteiger partial charge in [-0.1, -0.05) is 50.2 Å². The lowest BCUT2D eigenvalue weighted by atomic mass is 9.75. The molecule has 0 N–H and O–H groups in total. The van der Waals surface area contributed by atoms with Crippen LogP contribution < -0.4 is 0 Å². The number of amides is 1. The molecule has 3 heteroatoms. The van der Waals surface area contributed by atoms with Gasteiger partial charge in [-0.3, -0.25) is 4.79 Å². The summed E-state index contributed by atoms with van der Waals surface area (Å²) in [5.74, 6) is -0.708. The van der Waals surface area contributed by atoms with Crippen LogP contribution in [0, 0.1) is 5.82 Å². The van der Waals surface area contributed by atoms with Crippen molar-refractivity contribution in [3.8, 4) is 0 Å². The van der Waals surface area contributed by atoms with Crippen molar-refractivity contribution in [2.24, 2.45) is 0 Å². The molecule has 1 aliphatic heterocycles. The van der Waals surface area contributed by atoms with Gasteiger partial charge in [0.1, 0.15) is 5.82 Å². The zero-order valence-electron chi connectivity index (χ0n) is 14.8. The molecule has 2 aromatic carbocycles. The number of benzene rings is 2. The third kappa shape index (κ3) is 2.83. The molecule has 0 radical (unpaired) electrons. The minimum Gasteiger partial charge on any atom is -0.329 e. The summed E-state index contributed by atoms with van der Waals surface area (Å²) in [4.78, 5) is 14.9. The average Bonchev–Trinajstić information content (AvgIpc) is 2.59. The molecule has 0 unspecified atom stereocenters. The first-order valence-corrected chi connectivity index (χ1v) is 8.37. The van der Waals surface area contributed by atoms with Gasteiger partial charge in [0.05, 0.1) is 5.56 Å². The summed E-state index contributed by atoms with van der Waals surface area (Å²) in [5.41, 5.74) is 2.12. The van der Waals surface area contributed by atoms with E-state index >= 15 is 0 Å². The molecule has 1 heterocycles. The molecule has 3 rings (SSSR count). The van der Waals surface area contributed by atoms with Crippen LogP contribution in [-0.4, -0.2) is 16.3 Å². The molecular weight excluding hydrogens is 301 g/mol. The Morgan fingerprint density at radius 1 is 1.00 bits per heavy atom. The molecule has 0 atom stereocenters. The van der Waals surface area contributed by atoms with Crippen LogP contribution in [0.4, 0.5) is 4.39 Å². The summed E-state index contributed by atoms with van der Waals surface area (Å²) < 4.78 is 14.1. The van der Waals surface area contributed by atoms with Gasteiger partial charge >= 0.3 is 0 Å². The monoisotopic (exact) mass is 325 g/mol. The van der Waals surface area contributed by atoms with E-state index in [1.807, 2.05) is 17.0 Å². The van der Waals surface area contributed by atoms with E-state index in [0.717, 1.165) is 12.0 Å². The van der Waals surface area contributed by atoms with Gasteiger partial charge in [0.2, 0.25) is 0 Å². The highest BCUT2D eigenvalue weighted by molar-refractivity contribution is 5.95. The van der Waals surface area contributed by atoms with Crippen LogP contribution in [0.3, 0.4) is 0 Å². The maximum atomic E-state index is 14.1. The van der Waals surface area contributed by atoms with Gasteiger partial charge in [0, 0.05) is 12.1 Å². The number of hydrogen-bond acceptors (Lipinski definition) is 1. The Bertz CT molecular complexity index is 779. The number of hydrogen-bond donors (Lipinski definition) is 0. The first-order chi connectivity index (χ1) is 11.2. The number of halogens is 1. The van der Waals surface area contributed by atoms with Gasteiger partial charge in [0.15, 0.2) is 0 Å². The molecule has 0 bridgehead atoms. The molecule has 0 spiro atoms. The molecule has 2 aromatic rings. The molecule has 2 nitrogen and oxygen atoms in total. The Morgan fingerprint density at radius 2 is 1.62 bits per heavy atom. The van der Waals surface area contributed by atoms with Crippen molar-refractivity contribution in [3.05, 3.63) is 71.0 Å². The summed E-state index contributed by atoms with van der Waals surface area (Å²) in [6.07, 6.45) is 0.817. The predicted octanol–water partition coefficient (Wildman–Crippen LogP) is 4.93. The number of fused-ring (bicyclic) bond motifs is 1. The largest absolute Gasteiger partial charge is 0.329 e. The maximum Gasteiger partial charge on any atom is 0.257 e. The van der Waals surface area contributed by atoms with Gasteiger partial charge in [-0.15, -0.1) is 0 Å². The highest BCUT2D eigenvalue weighted by atomic mass is 19.1. The summed E-state index contributed by atoms with van der Waals surface area (Å²) in [6, 6.07) is 14.5. The number of carbonyl (C=O) groups excluding carboxylic acids is 1. The predicted molar refractivity (Wildman–Crippen MR) is 94.4 cm³/mol. The van der Waals surface area contributed by atoms with Crippen molar-refractivity contribution >= 4 is 5.91 Å². The summed E-state index contributed by atoms with van der Waals surface area (Å²) in [5, 5.41) is 0. The Labute approximate surface area is 143 Å². The van der Waals surface area contributed by atoms with E-state index in [-0.39, 0.29) is 22.4 Å². The molecule has 1 amide bonds. The van der Waals surface area contributed by atoms with Gasteiger partial charge in [-0.05, 0) is 48.9 Å². The van der Waals surface area contributed by atoms with Gasteiger partial charge in [0.25, 0.3) is 5.91 Å². The van der Waals surface area contributed by atoms with E-state index in [1.165, 1.54) is 11.6 Å². The standard InChI is InChI=1S/C21H24FNO/c1-20(2)14-21(3,4)23(13-15-9-5-7-11-17(15)20)19(24)16-10-6-8-12-18(16)22/h5-12H,13-14H2,1-4H3. The molecule has 0 aliphatic carbocycles. The third-order valence-corrected chi connectivity index (χ3v) is 5.03. The zero-order chi connectivity index (χ0) is 17.5. The van der Waals surface area contributed by atoms with E-state index in [1.54, 1.807) is 18.2 Å². The Kier molecular flexibility index (Phi) is 3.98. The minimum atomic E-state index is -0.463. The van der Waals surface area contributed by atoms with E-state index in [4.69, 9.17) is 0 Å². The lowest BCUT2D eigenvalue weighted by Gasteiger charge is -2.40. The van der Waals surface area contributed by atoms with Gasteiger partial charge in [-0.2, -0.15) is 0 Å². The fourth-order valence-electron chi connectivity index (χ4n) is 4.10. The van der Waals surface area contributed by atoms with Crippen molar-refractivity contribution < 1.29 is 9.18 Å².